The first-order valence-corrected chi connectivity index (χ1v) is 7.40. The molecule has 0 fully saturated rings. The molecule has 3 rings (SSSR count). The van der Waals surface area contributed by atoms with Crippen molar-refractivity contribution in [2.45, 2.75) is 12.8 Å². The predicted octanol–water partition coefficient (Wildman–Crippen LogP) is 2.33. The molecule has 21 heavy (non-hydrogen) atoms. The van der Waals surface area contributed by atoms with Crippen molar-refractivity contribution in [2.75, 3.05) is 5.32 Å². The van der Waals surface area contributed by atoms with Gasteiger partial charge in [0.25, 0.3) is 5.56 Å². The summed E-state index contributed by atoms with van der Waals surface area (Å²) in [5.74, 6) is -0.187. The van der Waals surface area contributed by atoms with Gasteiger partial charge in [0.05, 0.1) is 6.20 Å². The Balaban J connectivity index is 1.69. The number of benzene rings is 1. The SMILES string of the molecule is O=C(CCc1ccccc1)Nc1cnc2sccn2c1=O. The molecule has 0 spiro atoms. The molecule has 0 aliphatic heterocycles. The molecule has 1 aromatic carbocycles. The highest BCUT2D eigenvalue weighted by Crippen LogP contribution is 2.09. The van der Waals surface area contributed by atoms with Crippen LogP contribution < -0.4 is 10.9 Å². The Morgan fingerprint density at radius 2 is 2.10 bits per heavy atom. The maximum Gasteiger partial charge on any atom is 0.282 e. The third-order valence-electron chi connectivity index (χ3n) is 3.10. The number of rotatable bonds is 4. The summed E-state index contributed by atoms with van der Waals surface area (Å²) in [4.78, 5) is 28.8. The minimum absolute atomic E-state index is 0.187. The fraction of sp³-hybridized carbons (Fsp3) is 0.133. The molecule has 3 aromatic rings. The number of carbonyl (C=O) groups excluding carboxylic acids is 1. The van der Waals surface area contributed by atoms with Crippen molar-refractivity contribution in [1.82, 2.24) is 9.38 Å². The second-order valence-electron chi connectivity index (χ2n) is 4.57. The average molecular weight is 299 g/mol. The number of nitrogens with one attached hydrogen (secondary N) is 1. The Morgan fingerprint density at radius 1 is 1.29 bits per heavy atom. The number of thiazole rings is 1. The van der Waals surface area contributed by atoms with Crippen LogP contribution in [0.3, 0.4) is 0 Å². The fourth-order valence-electron chi connectivity index (χ4n) is 2.03. The number of aryl methyl sites for hydroxylation is 1. The van der Waals surface area contributed by atoms with Crippen molar-refractivity contribution in [3.05, 3.63) is 64.0 Å². The summed E-state index contributed by atoms with van der Waals surface area (Å²) >= 11 is 1.38. The van der Waals surface area contributed by atoms with Crippen LogP contribution in [0.5, 0.6) is 0 Å². The first kappa shape index (κ1) is 13.5. The summed E-state index contributed by atoms with van der Waals surface area (Å²) in [6.45, 7) is 0. The minimum atomic E-state index is -0.255. The molecule has 1 amide bonds. The third-order valence-corrected chi connectivity index (χ3v) is 3.87. The van der Waals surface area contributed by atoms with Crippen LogP contribution in [0.15, 0.2) is 52.9 Å². The molecular formula is C15H13N3O2S. The van der Waals surface area contributed by atoms with E-state index >= 15 is 0 Å². The van der Waals surface area contributed by atoms with Gasteiger partial charge in [-0.25, -0.2) is 4.98 Å². The van der Waals surface area contributed by atoms with E-state index in [2.05, 4.69) is 10.3 Å². The first-order valence-electron chi connectivity index (χ1n) is 6.53. The van der Waals surface area contributed by atoms with Crippen molar-refractivity contribution < 1.29 is 4.79 Å². The maximum atomic E-state index is 12.1. The summed E-state index contributed by atoms with van der Waals surface area (Å²) in [7, 11) is 0. The number of nitrogens with zero attached hydrogens (tertiary/aromatic N) is 2. The molecule has 2 aromatic heterocycles. The van der Waals surface area contributed by atoms with E-state index in [1.54, 1.807) is 11.6 Å². The van der Waals surface area contributed by atoms with E-state index in [0.717, 1.165) is 5.56 Å². The lowest BCUT2D eigenvalue weighted by Crippen LogP contribution is -2.22. The molecule has 0 aliphatic rings. The number of aromatic nitrogens is 2. The predicted molar refractivity (Wildman–Crippen MR) is 82.7 cm³/mol. The zero-order valence-electron chi connectivity index (χ0n) is 11.2. The normalized spacial score (nSPS) is 10.7. The van der Waals surface area contributed by atoms with Crippen molar-refractivity contribution in [2.24, 2.45) is 0 Å². The second kappa shape index (κ2) is 5.88. The highest BCUT2D eigenvalue weighted by atomic mass is 32.1. The van der Waals surface area contributed by atoms with Gasteiger partial charge in [-0.05, 0) is 12.0 Å². The van der Waals surface area contributed by atoms with Crippen LogP contribution in [0.1, 0.15) is 12.0 Å². The van der Waals surface area contributed by atoms with E-state index in [-0.39, 0.29) is 17.2 Å². The molecular weight excluding hydrogens is 286 g/mol. The van der Waals surface area contributed by atoms with Gasteiger partial charge in [0.15, 0.2) is 4.96 Å². The number of hydrogen-bond acceptors (Lipinski definition) is 4. The van der Waals surface area contributed by atoms with Crippen molar-refractivity contribution in [3.8, 4) is 0 Å². The molecule has 106 valence electrons. The van der Waals surface area contributed by atoms with Crippen LogP contribution >= 0.6 is 11.3 Å². The summed E-state index contributed by atoms with van der Waals surface area (Å²) < 4.78 is 1.43. The lowest BCUT2D eigenvalue weighted by atomic mass is 10.1. The number of fused-ring (bicyclic) bond motifs is 1. The molecule has 0 aliphatic carbocycles. The molecule has 5 nitrogen and oxygen atoms in total. The Hall–Kier alpha value is -2.47. The lowest BCUT2D eigenvalue weighted by Gasteiger charge is -2.04. The van der Waals surface area contributed by atoms with E-state index in [4.69, 9.17) is 0 Å². The number of hydrogen-bond donors (Lipinski definition) is 1. The molecule has 0 bridgehead atoms. The summed E-state index contributed by atoms with van der Waals surface area (Å²) in [5, 5.41) is 4.41. The molecule has 6 heteroatoms. The van der Waals surface area contributed by atoms with Crippen molar-refractivity contribution in [3.63, 3.8) is 0 Å². The Kier molecular flexibility index (Phi) is 3.79. The van der Waals surface area contributed by atoms with E-state index in [1.165, 1.54) is 21.9 Å². The van der Waals surface area contributed by atoms with Crippen LogP contribution in [0, 0.1) is 0 Å². The number of carbonyl (C=O) groups is 1. The minimum Gasteiger partial charge on any atom is -0.320 e. The smallest absolute Gasteiger partial charge is 0.282 e. The monoisotopic (exact) mass is 299 g/mol. The van der Waals surface area contributed by atoms with E-state index in [0.29, 0.717) is 17.8 Å². The Morgan fingerprint density at radius 3 is 2.90 bits per heavy atom. The first-order chi connectivity index (χ1) is 10.2. The van der Waals surface area contributed by atoms with E-state index < -0.39 is 0 Å². The van der Waals surface area contributed by atoms with E-state index in [9.17, 15) is 9.59 Å². The zero-order valence-corrected chi connectivity index (χ0v) is 12.0. The average Bonchev–Trinajstić information content (AvgIpc) is 2.98. The van der Waals surface area contributed by atoms with Gasteiger partial charge in [-0.2, -0.15) is 0 Å². The van der Waals surface area contributed by atoms with Gasteiger partial charge < -0.3 is 5.32 Å². The van der Waals surface area contributed by atoms with Crippen LogP contribution in [0.4, 0.5) is 5.69 Å². The molecule has 1 N–H and O–H groups in total. The molecule has 2 heterocycles. The fourth-order valence-corrected chi connectivity index (χ4v) is 2.70. The van der Waals surface area contributed by atoms with Gasteiger partial charge in [0, 0.05) is 18.0 Å². The van der Waals surface area contributed by atoms with Crippen molar-refractivity contribution >= 4 is 27.9 Å². The van der Waals surface area contributed by atoms with Gasteiger partial charge in [0.1, 0.15) is 5.69 Å². The molecule has 0 saturated carbocycles. The molecule has 0 radical (unpaired) electrons. The highest BCUT2D eigenvalue weighted by Gasteiger charge is 2.09. The maximum absolute atomic E-state index is 12.1. The van der Waals surface area contributed by atoms with E-state index in [1.807, 2.05) is 30.3 Å². The van der Waals surface area contributed by atoms with Gasteiger partial charge in [-0.15, -0.1) is 11.3 Å². The summed E-state index contributed by atoms with van der Waals surface area (Å²) in [5.41, 5.74) is 1.05. The van der Waals surface area contributed by atoms with Gasteiger partial charge >= 0.3 is 0 Å². The van der Waals surface area contributed by atoms with Gasteiger partial charge in [-0.1, -0.05) is 30.3 Å². The van der Waals surface area contributed by atoms with Crippen LogP contribution in [-0.2, 0) is 11.2 Å². The second-order valence-corrected chi connectivity index (χ2v) is 5.44. The van der Waals surface area contributed by atoms with Crippen LogP contribution in [-0.4, -0.2) is 15.3 Å². The number of anilines is 1. The molecule has 0 atom stereocenters. The quantitative estimate of drug-likeness (QED) is 0.804. The lowest BCUT2D eigenvalue weighted by molar-refractivity contribution is -0.116. The van der Waals surface area contributed by atoms with Crippen LogP contribution in [0.2, 0.25) is 0 Å². The summed E-state index contributed by atoms with van der Waals surface area (Å²) in [6, 6.07) is 9.76. The van der Waals surface area contributed by atoms with Gasteiger partial charge in [0.2, 0.25) is 5.91 Å². The summed E-state index contributed by atoms with van der Waals surface area (Å²) in [6.07, 6.45) is 4.03. The number of amides is 1. The standard InChI is InChI=1S/C15H13N3O2S/c19-13(7-6-11-4-2-1-3-5-11)17-12-10-16-15-18(14(12)20)8-9-21-15/h1-5,8-10H,6-7H2,(H,17,19). The molecule has 0 unspecified atom stereocenters. The molecule has 0 saturated heterocycles. The highest BCUT2D eigenvalue weighted by molar-refractivity contribution is 7.15. The third kappa shape index (κ3) is 3.00. The topological polar surface area (TPSA) is 63.5 Å². The van der Waals surface area contributed by atoms with Gasteiger partial charge in [-0.3, -0.25) is 14.0 Å². The Bertz CT molecular complexity index is 824. The Labute approximate surface area is 124 Å². The zero-order chi connectivity index (χ0) is 14.7. The van der Waals surface area contributed by atoms with Crippen molar-refractivity contribution in [1.29, 1.82) is 0 Å². The van der Waals surface area contributed by atoms with Crippen LogP contribution in [0.25, 0.3) is 4.96 Å². The largest absolute Gasteiger partial charge is 0.320 e.